The van der Waals surface area contributed by atoms with E-state index in [1.54, 1.807) is 0 Å². The van der Waals surface area contributed by atoms with Gasteiger partial charge >= 0.3 is 0 Å². The van der Waals surface area contributed by atoms with Crippen LogP contribution in [0.25, 0.3) is 82.8 Å². The van der Waals surface area contributed by atoms with Crippen LogP contribution in [0, 0.1) is 0 Å². The van der Waals surface area contributed by atoms with Gasteiger partial charge in [-0.25, -0.2) is 0 Å². The molecule has 4 heterocycles. The molecule has 11 rings (SSSR count). The second-order valence-electron chi connectivity index (χ2n) is 13.1. The second kappa shape index (κ2) is 11.2. The lowest BCUT2D eigenvalue weighted by atomic mass is 10.1. The van der Waals surface area contributed by atoms with Gasteiger partial charge in [0.05, 0.1) is 22.1 Å². The van der Waals surface area contributed by atoms with Gasteiger partial charge in [-0.1, -0.05) is 84.9 Å². The minimum Gasteiger partial charge on any atom is -0.456 e. The third kappa shape index (κ3) is 4.31. The normalized spacial score (nSPS) is 11.8. The molecule has 0 fully saturated rings. The fourth-order valence-corrected chi connectivity index (χ4v) is 7.77. The summed E-state index contributed by atoms with van der Waals surface area (Å²) in [6.07, 6.45) is 0. The quantitative estimate of drug-likeness (QED) is 0.183. The van der Waals surface area contributed by atoms with Gasteiger partial charge in [0.15, 0.2) is 5.82 Å². The molecule has 0 aliphatic rings. The van der Waals surface area contributed by atoms with Crippen LogP contribution < -0.4 is 4.90 Å². The van der Waals surface area contributed by atoms with Crippen LogP contribution in [0.1, 0.15) is 0 Å². The molecule has 0 N–H and O–H groups in total. The van der Waals surface area contributed by atoms with Crippen molar-refractivity contribution in [2.24, 2.45) is 0 Å². The van der Waals surface area contributed by atoms with Crippen molar-refractivity contribution < 1.29 is 8.83 Å². The second-order valence-corrected chi connectivity index (χ2v) is 13.1. The Labute approximate surface area is 297 Å². The number of aromatic nitrogens is 3. The first-order valence-corrected chi connectivity index (χ1v) is 17.3. The third-order valence-corrected chi connectivity index (χ3v) is 10.1. The number of benzene rings is 7. The zero-order valence-electron chi connectivity index (χ0n) is 27.8. The minimum absolute atomic E-state index is 0.737. The van der Waals surface area contributed by atoms with E-state index in [2.05, 4.69) is 125 Å². The van der Waals surface area contributed by atoms with E-state index in [1.807, 2.05) is 54.6 Å². The maximum absolute atomic E-state index is 6.39. The van der Waals surface area contributed by atoms with Crippen molar-refractivity contribution in [1.82, 2.24) is 14.8 Å². The number of anilines is 3. The molecule has 0 saturated heterocycles. The summed E-state index contributed by atoms with van der Waals surface area (Å²) in [4.78, 5) is 2.29. The lowest BCUT2D eigenvalue weighted by Gasteiger charge is -2.25. The molecule has 0 radical (unpaired) electrons. The lowest BCUT2D eigenvalue weighted by molar-refractivity contribution is 0.668. The Hall–Kier alpha value is -7.18. The summed E-state index contributed by atoms with van der Waals surface area (Å²) >= 11 is 0. The minimum atomic E-state index is 0.737. The average Bonchev–Trinajstić information content (AvgIpc) is 3.88. The molecule has 0 atom stereocenters. The van der Waals surface area contributed by atoms with Crippen LogP contribution in [0.5, 0.6) is 0 Å². The van der Waals surface area contributed by atoms with Crippen molar-refractivity contribution in [3.05, 3.63) is 170 Å². The first kappa shape index (κ1) is 28.6. The maximum atomic E-state index is 6.39. The Morgan fingerprint density at radius 2 is 1.08 bits per heavy atom. The van der Waals surface area contributed by atoms with Gasteiger partial charge in [-0.3, -0.25) is 4.57 Å². The van der Waals surface area contributed by atoms with E-state index < -0.39 is 0 Å². The molecule has 6 nitrogen and oxygen atoms in total. The molecular weight excluding hydrogens is 641 g/mol. The van der Waals surface area contributed by atoms with Crippen LogP contribution >= 0.6 is 0 Å². The number of rotatable bonds is 5. The van der Waals surface area contributed by atoms with E-state index in [1.165, 1.54) is 0 Å². The Kier molecular flexibility index (Phi) is 6.15. The first-order chi connectivity index (χ1) is 25.8. The van der Waals surface area contributed by atoms with Gasteiger partial charge in [0, 0.05) is 55.6 Å². The summed E-state index contributed by atoms with van der Waals surface area (Å²) in [6.45, 7) is 0. The molecule has 4 aromatic heterocycles. The molecule has 11 aromatic rings. The van der Waals surface area contributed by atoms with E-state index in [4.69, 9.17) is 19.0 Å². The molecule has 0 amide bonds. The summed E-state index contributed by atoms with van der Waals surface area (Å²) in [6, 6.07) is 58.5. The van der Waals surface area contributed by atoms with Gasteiger partial charge in [-0.05, 0) is 78.9 Å². The fraction of sp³-hybridized carbons (Fsp3) is 0. The van der Waals surface area contributed by atoms with Crippen molar-refractivity contribution in [3.8, 4) is 17.1 Å². The number of nitrogens with zero attached hydrogens (tertiary/aromatic N) is 4. The van der Waals surface area contributed by atoms with E-state index in [0.29, 0.717) is 0 Å². The van der Waals surface area contributed by atoms with Gasteiger partial charge in [0.2, 0.25) is 0 Å². The van der Waals surface area contributed by atoms with Crippen LogP contribution in [0.4, 0.5) is 17.1 Å². The Bertz CT molecular complexity index is 3120. The fourth-order valence-electron chi connectivity index (χ4n) is 7.77. The molecular formula is C46H28N4O2. The van der Waals surface area contributed by atoms with Gasteiger partial charge in [-0.15, -0.1) is 10.2 Å². The SMILES string of the molecule is c1ccc(-c2ccc(-n3c4ccc(N(c5ccccc5)c5ccc6c(c5)oc5ccccc56)cc4c4ccc5oc6ccccc6c5c43)nn2)cc1. The summed E-state index contributed by atoms with van der Waals surface area (Å²) in [5.41, 5.74) is 10.4. The molecule has 0 bridgehead atoms. The van der Waals surface area contributed by atoms with Gasteiger partial charge in [-0.2, -0.15) is 0 Å². The highest BCUT2D eigenvalue weighted by molar-refractivity contribution is 6.24. The van der Waals surface area contributed by atoms with Gasteiger partial charge < -0.3 is 13.7 Å². The summed E-state index contributed by atoms with van der Waals surface area (Å²) in [7, 11) is 0. The monoisotopic (exact) mass is 668 g/mol. The summed E-state index contributed by atoms with van der Waals surface area (Å²) < 4.78 is 15.0. The van der Waals surface area contributed by atoms with Crippen LogP contribution in [-0.2, 0) is 0 Å². The number of hydrogen-bond acceptors (Lipinski definition) is 5. The zero-order chi connectivity index (χ0) is 34.2. The third-order valence-electron chi connectivity index (χ3n) is 10.1. The van der Waals surface area contributed by atoms with Crippen LogP contribution in [0.2, 0.25) is 0 Å². The molecule has 52 heavy (non-hydrogen) atoms. The highest BCUT2D eigenvalue weighted by Gasteiger charge is 2.22. The molecule has 0 aliphatic heterocycles. The van der Waals surface area contributed by atoms with Crippen molar-refractivity contribution in [3.63, 3.8) is 0 Å². The number of furan rings is 2. The Morgan fingerprint density at radius 3 is 1.88 bits per heavy atom. The van der Waals surface area contributed by atoms with Crippen molar-refractivity contribution in [1.29, 1.82) is 0 Å². The lowest BCUT2D eigenvalue weighted by Crippen LogP contribution is -2.09. The van der Waals surface area contributed by atoms with Crippen molar-refractivity contribution >= 4 is 82.7 Å². The molecule has 0 saturated carbocycles. The van der Waals surface area contributed by atoms with Gasteiger partial charge in [0.25, 0.3) is 0 Å². The summed E-state index contributed by atoms with van der Waals surface area (Å²) in [5.74, 6) is 0.737. The highest BCUT2D eigenvalue weighted by Crippen LogP contribution is 2.44. The molecule has 0 spiro atoms. The number of hydrogen-bond donors (Lipinski definition) is 0. The topological polar surface area (TPSA) is 60.2 Å². The van der Waals surface area contributed by atoms with E-state index >= 15 is 0 Å². The molecule has 7 aromatic carbocycles. The highest BCUT2D eigenvalue weighted by atomic mass is 16.3. The zero-order valence-corrected chi connectivity index (χ0v) is 27.8. The van der Waals surface area contributed by atoms with Crippen molar-refractivity contribution in [2.45, 2.75) is 0 Å². The van der Waals surface area contributed by atoms with E-state index in [0.717, 1.165) is 99.8 Å². The van der Waals surface area contributed by atoms with Crippen LogP contribution in [0.3, 0.4) is 0 Å². The van der Waals surface area contributed by atoms with E-state index in [9.17, 15) is 0 Å². The first-order valence-electron chi connectivity index (χ1n) is 17.3. The number of para-hydroxylation sites is 3. The maximum Gasteiger partial charge on any atom is 0.160 e. The van der Waals surface area contributed by atoms with Gasteiger partial charge in [0.1, 0.15) is 22.3 Å². The van der Waals surface area contributed by atoms with Crippen LogP contribution in [0.15, 0.2) is 179 Å². The average molecular weight is 669 g/mol. The summed E-state index contributed by atoms with van der Waals surface area (Å²) in [5, 5.41) is 16.1. The van der Waals surface area contributed by atoms with Crippen molar-refractivity contribution in [2.75, 3.05) is 4.90 Å². The smallest absolute Gasteiger partial charge is 0.160 e. The number of fused-ring (bicyclic) bond motifs is 10. The molecule has 6 heteroatoms. The predicted octanol–water partition coefficient (Wildman–Crippen LogP) is 12.5. The van der Waals surface area contributed by atoms with Crippen LogP contribution in [-0.4, -0.2) is 14.8 Å². The molecule has 244 valence electrons. The predicted molar refractivity (Wildman–Crippen MR) is 211 cm³/mol. The Balaban J connectivity index is 1.17. The molecule has 0 unspecified atom stereocenters. The standard InChI is InChI=1S/C46H28N4O2/c1-3-11-29(12-4-1)38-23-26-44(48-47-38)50-39-24-20-31(27-37(39)35-22-25-42-45(46(35)50)36-16-8-10-18-41(36)51-42)49(30-13-5-2-6-14-30)32-19-21-34-33-15-7-9-17-40(33)52-43(34)28-32/h1-28H. The Morgan fingerprint density at radius 1 is 0.423 bits per heavy atom. The largest absolute Gasteiger partial charge is 0.456 e. The van der Waals surface area contributed by atoms with E-state index in [-0.39, 0.29) is 0 Å². The molecule has 0 aliphatic carbocycles.